The van der Waals surface area contributed by atoms with E-state index in [0.29, 0.717) is 16.8 Å². The first kappa shape index (κ1) is 13.5. The second-order valence-electron chi connectivity index (χ2n) is 4.12. The van der Waals surface area contributed by atoms with Crippen LogP contribution in [0.25, 0.3) is 0 Å². The molecule has 0 bridgehead atoms. The molecule has 0 heterocycles. The number of rotatable bonds is 3. The summed E-state index contributed by atoms with van der Waals surface area (Å²) in [7, 11) is -3.38. The van der Waals surface area contributed by atoms with E-state index in [1.165, 1.54) is 0 Å². The molecule has 0 aliphatic heterocycles. The van der Waals surface area contributed by atoms with Crippen molar-refractivity contribution in [1.29, 1.82) is 0 Å². The average molecular weight is 256 g/mol. The van der Waals surface area contributed by atoms with E-state index in [1.54, 1.807) is 26.8 Å². The maximum absolute atomic E-state index is 11.3. The number of nitrogens with one attached hydrogen (secondary N) is 1. The predicted octanol–water partition coefficient (Wildman–Crippen LogP) is 1.08. The molecule has 1 aromatic rings. The maximum atomic E-state index is 11.3. The maximum Gasteiger partial charge on any atom is 0.249 e. The van der Waals surface area contributed by atoms with Crippen LogP contribution in [0.4, 0.5) is 5.69 Å². The van der Waals surface area contributed by atoms with E-state index in [9.17, 15) is 13.2 Å². The van der Waals surface area contributed by atoms with Gasteiger partial charge in [-0.3, -0.25) is 9.52 Å². The molecule has 1 amide bonds. The first-order valence-corrected chi connectivity index (χ1v) is 6.91. The quantitative estimate of drug-likeness (QED) is 0.848. The highest BCUT2D eigenvalue weighted by atomic mass is 32.2. The Morgan fingerprint density at radius 2 is 1.76 bits per heavy atom. The van der Waals surface area contributed by atoms with E-state index in [4.69, 9.17) is 5.73 Å². The summed E-state index contributed by atoms with van der Waals surface area (Å²) in [6.45, 7) is 5.22. The van der Waals surface area contributed by atoms with Gasteiger partial charge in [0.1, 0.15) is 0 Å². The number of benzene rings is 1. The lowest BCUT2D eigenvalue weighted by Crippen LogP contribution is -2.18. The highest BCUT2D eigenvalue weighted by Gasteiger charge is 2.16. The van der Waals surface area contributed by atoms with Gasteiger partial charge >= 0.3 is 0 Å². The minimum absolute atomic E-state index is 0.363. The molecular formula is C11H16N2O3S. The van der Waals surface area contributed by atoms with Crippen LogP contribution in [0.3, 0.4) is 0 Å². The Balaban J connectivity index is 3.52. The van der Waals surface area contributed by atoms with Gasteiger partial charge in [0.25, 0.3) is 0 Å². The molecule has 0 atom stereocenters. The highest BCUT2D eigenvalue weighted by molar-refractivity contribution is 7.92. The fourth-order valence-electron chi connectivity index (χ4n) is 1.91. The van der Waals surface area contributed by atoms with Gasteiger partial charge in [0.15, 0.2) is 0 Å². The van der Waals surface area contributed by atoms with Crippen LogP contribution in [-0.4, -0.2) is 20.6 Å². The lowest BCUT2D eigenvalue weighted by Gasteiger charge is -2.15. The van der Waals surface area contributed by atoms with E-state index in [0.717, 1.165) is 17.4 Å². The molecule has 0 aliphatic rings. The smallest absolute Gasteiger partial charge is 0.249 e. The van der Waals surface area contributed by atoms with Crippen molar-refractivity contribution in [2.75, 3.05) is 11.0 Å². The first-order chi connectivity index (χ1) is 7.63. The molecule has 0 aliphatic carbocycles. The Morgan fingerprint density at radius 3 is 2.18 bits per heavy atom. The first-order valence-electron chi connectivity index (χ1n) is 5.02. The van der Waals surface area contributed by atoms with Crippen molar-refractivity contribution in [3.05, 3.63) is 28.3 Å². The van der Waals surface area contributed by atoms with E-state index in [2.05, 4.69) is 4.72 Å². The van der Waals surface area contributed by atoms with Gasteiger partial charge in [0, 0.05) is 5.56 Å². The van der Waals surface area contributed by atoms with Crippen LogP contribution in [0.15, 0.2) is 6.07 Å². The minimum atomic E-state index is -3.38. The second-order valence-corrected chi connectivity index (χ2v) is 5.87. The van der Waals surface area contributed by atoms with E-state index in [-0.39, 0.29) is 0 Å². The number of aryl methyl sites for hydroxylation is 2. The molecular weight excluding hydrogens is 240 g/mol. The number of hydrogen-bond acceptors (Lipinski definition) is 3. The van der Waals surface area contributed by atoms with Crippen molar-refractivity contribution < 1.29 is 13.2 Å². The summed E-state index contributed by atoms with van der Waals surface area (Å²) in [5, 5.41) is 0. The van der Waals surface area contributed by atoms with Crippen LogP contribution in [0, 0.1) is 20.8 Å². The van der Waals surface area contributed by atoms with Crippen LogP contribution in [0.1, 0.15) is 27.0 Å². The van der Waals surface area contributed by atoms with Gasteiger partial charge in [0.2, 0.25) is 15.9 Å². The van der Waals surface area contributed by atoms with Crippen molar-refractivity contribution in [1.82, 2.24) is 0 Å². The molecule has 0 aromatic heterocycles. The van der Waals surface area contributed by atoms with Gasteiger partial charge in [-0.15, -0.1) is 0 Å². The van der Waals surface area contributed by atoms with E-state index >= 15 is 0 Å². The molecule has 0 spiro atoms. The third kappa shape index (κ3) is 2.97. The Hall–Kier alpha value is -1.56. The Bertz CT molecular complexity index is 577. The number of nitrogens with two attached hydrogens (primary N) is 1. The molecule has 1 rings (SSSR count). The normalized spacial score (nSPS) is 11.3. The fraction of sp³-hybridized carbons (Fsp3) is 0.364. The van der Waals surface area contributed by atoms with Crippen molar-refractivity contribution in [3.8, 4) is 0 Å². The SMILES string of the molecule is Cc1cc(C)c(C(N)=O)c(C)c1NS(C)(=O)=O. The zero-order valence-electron chi connectivity index (χ0n) is 10.3. The molecule has 0 fully saturated rings. The molecule has 3 N–H and O–H groups in total. The Kier molecular flexibility index (Phi) is 3.47. The molecule has 94 valence electrons. The van der Waals surface area contributed by atoms with E-state index < -0.39 is 15.9 Å². The Morgan fingerprint density at radius 1 is 1.24 bits per heavy atom. The number of carbonyl (C=O) groups excluding carboxylic acids is 1. The zero-order valence-corrected chi connectivity index (χ0v) is 11.1. The van der Waals surface area contributed by atoms with Gasteiger partial charge in [-0.25, -0.2) is 8.42 Å². The number of primary amides is 1. The summed E-state index contributed by atoms with van der Waals surface area (Å²) >= 11 is 0. The molecule has 5 nitrogen and oxygen atoms in total. The van der Waals surface area contributed by atoms with Crippen molar-refractivity contribution in [2.24, 2.45) is 5.73 Å². The van der Waals surface area contributed by atoms with Crippen LogP contribution >= 0.6 is 0 Å². The number of hydrogen-bond donors (Lipinski definition) is 2. The summed E-state index contributed by atoms with van der Waals surface area (Å²) in [5.74, 6) is -0.559. The number of carbonyl (C=O) groups is 1. The number of sulfonamides is 1. The number of amides is 1. The van der Waals surface area contributed by atoms with Gasteiger partial charge in [-0.05, 0) is 37.5 Å². The zero-order chi connectivity index (χ0) is 13.4. The van der Waals surface area contributed by atoms with Crippen LogP contribution in [0.2, 0.25) is 0 Å². The fourth-order valence-corrected chi connectivity index (χ4v) is 2.59. The minimum Gasteiger partial charge on any atom is -0.366 e. The van der Waals surface area contributed by atoms with Gasteiger partial charge in [-0.1, -0.05) is 6.07 Å². The van der Waals surface area contributed by atoms with Crippen LogP contribution < -0.4 is 10.5 Å². The largest absolute Gasteiger partial charge is 0.366 e. The Labute approximate surface area is 101 Å². The summed E-state index contributed by atoms with van der Waals surface area (Å²) < 4.78 is 24.9. The van der Waals surface area contributed by atoms with Crippen LogP contribution in [0.5, 0.6) is 0 Å². The molecule has 1 aromatic carbocycles. The monoisotopic (exact) mass is 256 g/mol. The molecule has 0 radical (unpaired) electrons. The van der Waals surface area contributed by atoms with E-state index in [1.807, 2.05) is 0 Å². The lowest BCUT2D eigenvalue weighted by molar-refractivity contribution is 0.0999. The number of anilines is 1. The lowest BCUT2D eigenvalue weighted by atomic mass is 9.97. The molecule has 0 unspecified atom stereocenters. The second kappa shape index (κ2) is 4.37. The van der Waals surface area contributed by atoms with Gasteiger partial charge in [-0.2, -0.15) is 0 Å². The molecule has 6 heteroatoms. The highest BCUT2D eigenvalue weighted by Crippen LogP contribution is 2.27. The molecule has 0 saturated heterocycles. The van der Waals surface area contributed by atoms with Gasteiger partial charge in [0.05, 0.1) is 11.9 Å². The average Bonchev–Trinajstić information content (AvgIpc) is 2.09. The molecule has 0 saturated carbocycles. The summed E-state index contributed by atoms with van der Waals surface area (Å²) in [5.41, 5.74) is 8.13. The third-order valence-corrected chi connectivity index (χ3v) is 3.08. The van der Waals surface area contributed by atoms with Gasteiger partial charge < -0.3 is 5.73 Å². The predicted molar refractivity (Wildman–Crippen MR) is 67.6 cm³/mol. The standard InChI is InChI=1S/C11H16N2O3S/c1-6-5-7(2)10(13-17(4,15)16)8(3)9(6)11(12)14/h5,13H,1-4H3,(H2,12,14). The summed E-state index contributed by atoms with van der Waals surface area (Å²) in [4.78, 5) is 11.3. The van der Waals surface area contributed by atoms with Crippen molar-refractivity contribution >= 4 is 21.6 Å². The van der Waals surface area contributed by atoms with Crippen molar-refractivity contribution in [3.63, 3.8) is 0 Å². The summed E-state index contributed by atoms with van der Waals surface area (Å²) in [6, 6.07) is 1.74. The third-order valence-electron chi connectivity index (χ3n) is 2.51. The van der Waals surface area contributed by atoms with Crippen LogP contribution in [-0.2, 0) is 10.0 Å². The van der Waals surface area contributed by atoms with Crippen molar-refractivity contribution in [2.45, 2.75) is 20.8 Å². The topological polar surface area (TPSA) is 89.3 Å². The molecule has 17 heavy (non-hydrogen) atoms. The summed E-state index contributed by atoms with van der Waals surface area (Å²) in [6.07, 6.45) is 1.07.